The van der Waals surface area contributed by atoms with Gasteiger partial charge in [-0.15, -0.1) is 0 Å². The zero-order valence-corrected chi connectivity index (χ0v) is 7.24. The summed E-state index contributed by atoms with van der Waals surface area (Å²) in [4.78, 5) is 12.4. The Balaban J connectivity index is 2.22. The number of nitrogens with one attached hydrogen (secondary N) is 2. The van der Waals surface area contributed by atoms with Gasteiger partial charge in [0.25, 0.3) is 0 Å². The van der Waals surface area contributed by atoms with Crippen LogP contribution < -0.4 is 5.48 Å². The third kappa shape index (κ3) is 1.13. The minimum absolute atomic E-state index is 0.209. The topological polar surface area (TPSA) is 49.9 Å². The zero-order valence-electron chi connectivity index (χ0n) is 7.24. The number of rotatable bonds is 1. The number of H-pyrrole nitrogens is 1. The smallest absolute Gasteiger partial charge is 0.0921 e. The summed E-state index contributed by atoms with van der Waals surface area (Å²) in [6.07, 6.45) is 3.77. The third-order valence-corrected chi connectivity index (χ3v) is 2.36. The first-order valence-corrected chi connectivity index (χ1v) is 4.18. The Morgan fingerprint density at radius 2 is 2.33 bits per heavy atom. The van der Waals surface area contributed by atoms with Crippen molar-refractivity contribution in [3.63, 3.8) is 0 Å². The van der Waals surface area contributed by atoms with Crippen molar-refractivity contribution in [1.29, 1.82) is 0 Å². The van der Waals surface area contributed by atoms with Crippen LogP contribution in [0.5, 0.6) is 0 Å². The van der Waals surface area contributed by atoms with Gasteiger partial charge >= 0.3 is 0 Å². The second-order valence-corrected chi connectivity index (χ2v) is 3.26. The van der Waals surface area contributed by atoms with Crippen molar-refractivity contribution in [3.8, 4) is 0 Å². The number of aromatic amines is 1. The molecule has 2 heterocycles. The van der Waals surface area contributed by atoms with E-state index in [1.165, 1.54) is 0 Å². The van der Waals surface area contributed by atoms with Gasteiger partial charge in [-0.2, -0.15) is 5.48 Å². The molecule has 0 aromatic carbocycles. The second kappa shape index (κ2) is 2.88. The van der Waals surface area contributed by atoms with Crippen molar-refractivity contribution in [2.45, 2.75) is 31.9 Å². The van der Waals surface area contributed by atoms with Crippen LogP contribution in [0, 0.1) is 0 Å². The van der Waals surface area contributed by atoms with Crippen LogP contribution in [-0.4, -0.2) is 22.1 Å². The molecule has 2 rings (SSSR count). The minimum Gasteiger partial charge on any atom is -0.348 e. The Morgan fingerprint density at radius 3 is 2.83 bits per heavy atom. The molecule has 0 bridgehead atoms. The summed E-state index contributed by atoms with van der Waals surface area (Å²) < 4.78 is 0. The van der Waals surface area contributed by atoms with E-state index in [0.29, 0.717) is 12.0 Å². The molecule has 0 aliphatic carbocycles. The van der Waals surface area contributed by atoms with Gasteiger partial charge in [0.05, 0.1) is 12.4 Å². The molecular weight excluding hydrogens is 154 g/mol. The lowest BCUT2D eigenvalue weighted by Crippen LogP contribution is -2.22. The van der Waals surface area contributed by atoms with E-state index in [0.717, 1.165) is 5.69 Å². The van der Waals surface area contributed by atoms with Crippen molar-refractivity contribution >= 4 is 0 Å². The van der Waals surface area contributed by atoms with Crippen molar-refractivity contribution < 1.29 is 4.84 Å². The molecule has 2 N–H and O–H groups in total. The van der Waals surface area contributed by atoms with Crippen LogP contribution in [0.2, 0.25) is 0 Å². The average Bonchev–Trinajstić information content (AvgIpc) is 2.61. The van der Waals surface area contributed by atoms with Crippen molar-refractivity contribution in [2.24, 2.45) is 0 Å². The summed E-state index contributed by atoms with van der Waals surface area (Å²) in [5, 5.41) is 0. The monoisotopic (exact) mass is 167 g/mol. The maximum Gasteiger partial charge on any atom is 0.0921 e. The predicted molar refractivity (Wildman–Crippen MR) is 44.5 cm³/mol. The van der Waals surface area contributed by atoms with Gasteiger partial charge in [0.2, 0.25) is 0 Å². The highest BCUT2D eigenvalue weighted by Gasteiger charge is 2.33. The number of hydroxylamine groups is 1. The van der Waals surface area contributed by atoms with Crippen LogP contribution >= 0.6 is 0 Å². The molecule has 1 aliphatic rings. The molecule has 0 spiro atoms. The van der Waals surface area contributed by atoms with Gasteiger partial charge in [-0.3, -0.25) is 4.84 Å². The summed E-state index contributed by atoms with van der Waals surface area (Å²) in [5.41, 5.74) is 4.10. The molecule has 0 radical (unpaired) electrons. The van der Waals surface area contributed by atoms with Crippen LogP contribution in [-0.2, 0) is 4.84 Å². The van der Waals surface area contributed by atoms with E-state index in [2.05, 4.69) is 29.3 Å². The highest BCUT2D eigenvalue weighted by molar-refractivity contribution is 5.10. The maximum atomic E-state index is 5.30. The Kier molecular flexibility index (Phi) is 1.86. The molecule has 4 nitrogen and oxygen atoms in total. The normalized spacial score (nSPS) is 35.7. The Labute approximate surface area is 71.3 Å². The summed E-state index contributed by atoms with van der Waals surface area (Å²) in [6.45, 7) is 4.16. The fraction of sp³-hybridized carbons (Fsp3) is 0.625. The van der Waals surface area contributed by atoms with E-state index in [4.69, 9.17) is 4.84 Å². The van der Waals surface area contributed by atoms with Gasteiger partial charge < -0.3 is 4.98 Å². The quantitative estimate of drug-likeness (QED) is 0.650. The fourth-order valence-electron chi connectivity index (χ4n) is 1.74. The molecular formula is C8H13N3O. The second-order valence-electron chi connectivity index (χ2n) is 3.26. The van der Waals surface area contributed by atoms with Gasteiger partial charge in [0.15, 0.2) is 0 Å². The molecule has 1 aromatic rings. The van der Waals surface area contributed by atoms with E-state index in [9.17, 15) is 0 Å². The average molecular weight is 167 g/mol. The molecule has 0 amide bonds. The lowest BCUT2D eigenvalue weighted by atomic mass is 9.95. The lowest BCUT2D eigenvalue weighted by molar-refractivity contribution is 0.0352. The predicted octanol–water partition coefficient (Wildman–Crippen LogP) is 0.805. The SMILES string of the molecule is CC1NOC(C)[C@@H]1c1cnc[nH]1. The Morgan fingerprint density at radius 1 is 1.50 bits per heavy atom. The highest BCUT2D eigenvalue weighted by Crippen LogP contribution is 2.27. The van der Waals surface area contributed by atoms with E-state index in [1.54, 1.807) is 6.33 Å². The molecule has 3 atom stereocenters. The first kappa shape index (κ1) is 7.76. The van der Waals surface area contributed by atoms with Gasteiger partial charge in [0, 0.05) is 23.9 Å². The van der Waals surface area contributed by atoms with Crippen molar-refractivity contribution in [3.05, 3.63) is 18.2 Å². The molecule has 1 aliphatic heterocycles. The van der Waals surface area contributed by atoms with Crippen LogP contribution in [0.1, 0.15) is 25.5 Å². The molecule has 0 saturated carbocycles. The Hall–Kier alpha value is -0.870. The van der Waals surface area contributed by atoms with Crippen LogP contribution in [0.4, 0.5) is 0 Å². The summed E-state index contributed by atoms with van der Waals surface area (Å²) >= 11 is 0. The molecule has 66 valence electrons. The fourth-order valence-corrected chi connectivity index (χ4v) is 1.74. The number of nitrogens with zero attached hydrogens (tertiary/aromatic N) is 1. The molecule has 4 heteroatoms. The number of hydrogen-bond donors (Lipinski definition) is 2. The molecule has 1 saturated heterocycles. The largest absolute Gasteiger partial charge is 0.348 e. The minimum atomic E-state index is 0.209. The zero-order chi connectivity index (χ0) is 8.55. The van der Waals surface area contributed by atoms with Crippen molar-refractivity contribution in [2.75, 3.05) is 0 Å². The van der Waals surface area contributed by atoms with Crippen LogP contribution in [0.3, 0.4) is 0 Å². The molecule has 12 heavy (non-hydrogen) atoms. The number of hydrogen-bond acceptors (Lipinski definition) is 3. The first-order valence-electron chi connectivity index (χ1n) is 4.18. The van der Waals surface area contributed by atoms with E-state index < -0.39 is 0 Å². The van der Waals surface area contributed by atoms with Gasteiger partial charge in [-0.25, -0.2) is 4.98 Å². The van der Waals surface area contributed by atoms with Gasteiger partial charge in [-0.1, -0.05) is 0 Å². The van der Waals surface area contributed by atoms with Crippen LogP contribution in [0.25, 0.3) is 0 Å². The maximum absolute atomic E-state index is 5.30. The van der Waals surface area contributed by atoms with E-state index in [1.807, 2.05) is 6.20 Å². The molecule has 2 unspecified atom stereocenters. The number of imidazole rings is 1. The summed E-state index contributed by atoms with van der Waals surface area (Å²) in [6, 6.07) is 0.348. The standard InChI is InChI=1S/C8H13N3O/c1-5-8(6(2)12-11-5)7-3-9-4-10-7/h3-6,8,11H,1-2H3,(H,9,10)/t5?,6?,8-/m1/s1. The molecule has 1 aromatic heterocycles. The molecule has 1 fully saturated rings. The van der Waals surface area contributed by atoms with Gasteiger partial charge in [-0.05, 0) is 13.8 Å². The Bertz CT molecular complexity index is 237. The third-order valence-electron chi connectivity index (χ3n) is 2.36. The van der Waals surface area contributed by atoms with E-state index >= 15 is 0 Å². The first-order chi connectivity index (χ1) is 5.79. The van der Waals surface area contributed by atoms with Gasteiger partial charge in [0.1, 0.15) is 0 Å². The highest BCUT2D eigenvalue weighted by atomic mass is 16.7. The summed E-state index contributed by atoms with van der Waals surface area (Å²) in [5.74, 6) is 0.382. The number of aromatic nitrogens is 2. The van der Waals surface area contributed by atoms with Crippen LogP contribution in [0.15, 0.2) is 12.5 Å². The summed E-state index contributed by atoms with van der Waals surface area (Å²) in [7, 11) is 0. The lowest BCUT2D eigenvalue weighted by Gasteiger charge is -2.13. The van der Waals surface area contributed by atoms with E-state index in [-0.39, 0.29) is 6.10 Å². The van der Waals surface area contributed by atoms with Crippen molar-refractivity contribution in [1.82, 2.24) is 15.4 Å².